The van der Waals surface area contributed by atoms with Gasteiger partial charge in [-0.15, -0.1) is 0 Å². The fourth-order valence-electron chi connectivity index (χ4n) is 2.27. The minimum absolute atomic E-state index is 0.277. The highest BCUT2D eigenvalue weighted by Gasteiger charge is 2.17. The van der Waals surface area contributed by atoms with Crippen molar-refractivity contribution in [3.8, 4) is 5.75 Å². The smallest absolute Gasteiger partial charge is 0.407 e. The number of aryl methyl sites for hydroxylation is 1. The van der Waals surface area contributed by atoms with Gasteiger partial charge in [0.1, 0.15) is 5.75 Å². The number of benzene rings is 1. The Labute approximate surface area is 106 Å². The van der Waals surface area contributed by atoms with Gasteiger partial charge >= 0.3 is 6.09 Å². The summed E-state index contributed by atoms with van der Waals surface area (Å²) in [6, 6.07) is 5.37. The van der Waals surface area contributed by atoms with E-state index in [9.17, 15) is 9.90 Å². The molecule has 2 N–H and O–H groups in total. The molecule has 0 spiro atoms. The van der Waals surface area contributed by atoms with Gasteiger partial charge in [-0.2, -0.15) is 0 Å². The Bertz CT molecular complexity index is 494. The van der Waals surface area contributed by atoms with Crippen LogP contribution >= 0.6 is 0 Å². The number of nitrogens with zero attached hydrogens (tertiary/aromatic N) is 1. The van der Waals surface area contributed by atoms with Crippen molar-refractivity contribution in [2.75, 3.05) is 13.1 Å². The highest BCUT2D eigenvalue weighted by Crippen LogP contribution is 2.28. The first kappa shape index (κ1) is 12.5. The molecule has 0 fully saturated rings. The summed E-state index contributed by atoms with van der Waals surface area (Å²) in [6.07, 6.45) is 2.67. The number of hydrogen-bond donors (Lipinski definition) is 2. The average molecular weight is 247 g/mol. The summed E-state index contributed by atoms with van der Waals surface area (Å²) in [7, 11) is 0. The first-order chi connectivity index (χ1) is 8.61. The van der Waals surface area contributed by atoms with Crippen molar-refractivity contribution in [2.24, 2.45) is 0 Å². The van der Waals surface area contributed by atoms with Crippen LogP contribution in [0.1, 0.15) is 24.5 Å². The van der Waals surface area contributed by atoms with Gasteiger partial charge < -0.3 is 15.1 Å². The molecule has 1 aliphatic rings. The molecule has 1 amide bonds. The molecule has 0 aliphatic carbocycles. The lowest BCUT2D eigenvalue weighted by atomic mass is 9.93. The normalized spacial score (nSPS) is 15.4. The molecule has 0 saturated heterocycles. The molecule has 96 valence electrons. The number of phenols is 1. The summed E-state index contributed by atoms with van der Waals surface area (Å²) in [5.74, 6) is 0.277. The van der Waals surface area contributed by atoms with Crippen molar-refractivity contribution in [3.63, 3.8) is 0 Å². The number of carboxylic acid groups (broad SMARTS) is 1. The largest absolute Gasteiger partial charge is 0.508 e. The van der Waals surface area contributed by atoms with Gasteiger partial charge in [0, 0.05) is 13.1 Å². The van der Waals surface area contributed by atoms with Gasteiger partial charge in [0.2, 0.25) is 0 Å². The standard InChI is InChI=1S/C14H17NO3/c1-2-10-9-12(16)3-4-13(10)11-5-7-15(8-6-11)14(17)18/h3-5,9,16H,2,6-8H2,1H3,(H,17,18). The maximum absolute atomic E-state index is 10.8. The lowest BCUT2D eigenvalue weighted by Gasteiger charge is -2.24. The second kappa shape index (κ2) is 5.12. The van der Waals surface area contributed by atoms with Crippen LogP contribution in [0.3, 0.4) is 0 Å². The third-order valence-corrected chi connectivity index (χ3v) is 3.30. The molecule has 4 nitrogen and oxygen atoms in total. The summed E-state index contributed by atoms with van der Waals surface area (Å²) < 4.78 is 0. The summed E-state index contributed by atoms with van der Waals surface area (Å²) in [5, 5.41) is 18.4. The summed E-state index contributed by atoms with van der Waals surface area (Å²) in [5.41, 5.74) is 3.40. The van der Waals surface area contributed by atoms with Crippen LogP contribution in [0.25, 0.3) is 5.57 Å². The Balaban J connectivity index is 2.25. The van der Waals surface area contributed by atoms with Crippen molar-refractivity contribution < 1.29 is 15.0 Å². The van der Waals surface area contributed by atoms with Gasteiger partial charge in [-0.1, -0.05) is 19.1 Å². The van der Waals surface area contributed by atoms with Gasteiger partial charge in [0.05, 0.1) is 0 Å². The van der Waals surface area contributed by atoms with E-state index in [1.807, 2.05) is 19.1 Å². The Morgan fingerprint density at radius 2 is 2.22 bits per heavy atom. The van der Waals surface area contributed by atoms with Crippen molar-refractivity contribution in [3.05, 3.63) is 35.4 Å². The quantitative estimate of drug-likeness (QED) is 0.844. The lowest BCUT2D eigenvalue weighted by Crippen LogP contribution is -2.33. The van der Waals surface area contributed by atoms with E-state index in [0.717, 1.165) is 24.0 Å². The summed E-state index contributed by atoms with van der Waals surface area (Å²) in [4.78, 5) is 12.2. The molecule has 0 saturated carbocycles. The molecular weight excluding hydrogens is 230 g/mol. The van der Waals surface area contributed by atoms with Crippen LogP contribution in [0.2, 0.25) is 0 Å². The average Bonchev–Trinajstić information content (AvgIpc) is 2.38. The minimum atomic E-state index is -0.869. The fourth-order valence-corrected chi connectivity index (χ4v) is 2.27. The maximum Gasteiger partial charge on any atom is 0.407 e. The van der Waals surface area contributed by atoms with E-state index in [2.05, 4.69) is 0 Å². The van der Waals surface area contributed by atoms with Crippen molar-refractivity contribution in [1.29, 1.82) is 0 Å². The van der Waals surface area contributed by atoms with E-state index in [4.69, 9.17) is 5.11 Å². The highest BCUT2D eigenvalue weighted by molar-refractivity contribution is 5.73. The third kappa shape index (κ3) is 2.47. The van der Waals surface area contributed by atoms with Crippen LogP contribution in [-0.4, -0.2) is 34.3 Å². The highest BCUT2D eigenvalue weighted by atomic mass is 16.4. The zero-order chi connectivity index (χ0) is 13.1. The predicted molar refractivity (Wildman–Crippen MR) is 69.7 cm³/mol. The summed E-state index contributed by atoms with van der Waals surface area (Å²) >= 11 is 0. The number of aromatic hydroxyl groups is 1. The van der Waals surface area contributed by atoms with Gasteiger partial charge in [-0.25, -0.2) is 4.79 Å². The van der Waals surface area contributed by atoms with E-state index in [1.54, 1.807) is 12.1 Å². The number of amides is 1. The zero-order valence-electron chi connectivity index (χ0n) is 10.4. The van der Waals surface area contributed by atoms with E-state index in [-0.39, 0.29) is 5.75 Å². The molecule has 18 heavy (non-hydrogen) atoms. The van der Waals surface area contributed by atoms with Crippen LogP contribution in [0.5, 0.6) is 5.75 Å². The van der Waals surface area contributed by atoms with E-state index >= 15 is 0 Å². The van der Waals surface area contributed by atoms with Crippen molar-refractivity contribution >= 4 is 11.7 Å². The predicted octanol–water partition coefficient (Wildman–Crippen LogP) is 2.72. The monoisotopic (exact) mass is 247 g/mol. The molecule has 2 rings (SSSR count). The minimum Gasteiger partial charge on any atom is -0.508 e. The van der Waals surface area contributed by atoms with Gasteiger partial charge in [0.25, 0.3) is 0 Å². The van der Waals surface area contributed by atoms with E-state index in [0.29, 0.717) is 13.1 Å². The Morgan fingerprint density at radius 1 is 1.44 bits per heavy atom. The van der Waals surface area contributed by atoms with Gasteiger partial charge in [0.15, 0.2) is 0 Å². The molecule has 0 atom stereocenters. The molecule has 0 radical (unpaired) electrons. The SMILES string of the molecule is CCc1cc(O)ccc1C1=CCN(C(=O)O)CC1. The molecule has 1 aromatic carbocycles. The first-order valence-electron chi connectivity index (χ1n) is 6.11. The van der Waals surface area contributed by atoms with E-state index < -0.39 is 6.09 Å². The van der Waals surface area contributed by atoms with Crippen molar-refractivity contribution in [2.45, 2.75) is 19.8 Å². The number of carbonyl (C=O) groups is 1. The first-order valence-corrected chi connectivity index (χ1v) is 6.11. The van der Waals surface area contributed by atoms with E-state index in [1.165, 1.54) is 10.5 Å². The topological polar surface area (TPSA) is 60.8 Å². The van der Waals surface area contributed by atoms with Crippen LogP contribution in [0.15, 0.2) is 24.3 Å². The molecule has 1 heterocycles. The van der Waals surface area contributed by atoms with Crippen LogP contribution < -0.4 is 0 Å². The Hall–Kier alpha value is -1.97. The van der Waals surface area contributed by atoms with Crippen molar-refractivity contribution in [1.82, 2.24) is 4.90 Å². The number of hydrogen-bond acceptors (Lipinski definition) is 2. The van der Waals surface area contributed by atoms with Crippen LogP contribution in [0, 0.1) is 0 Å². The second-order valence-corrected chi connectivity index (χ2v) is 4.40. The Morgan fingerprint density at radius 3 is 2.78 bits per heavy atom. The second-order valence-electron chi connectivity index (χ2n) is 4.40. The molecule has 0 unspecified atom stereocenters. The molecule has 1 aliphatic heterocycles. The maximum atomic E-state index is 10.8. The van der Waals surface area contributed by atoms with Crippen LogP contribution in [0.4, 0.5) is 4.79 Å². The molecular formula is C14H17NO3. The molecule has 1 aromatic rings. The summed E-state index contributed by atoms with van der Waals surface area (Å²) in [6.45, 7) is 3.02. The van der Waals surface area contributed by atoms with Gasteiger partial charge in [-0.05, 0) is 41.7 Å². The van der Waals surface area contributed by atoms with Gasteiger partial charge in [-0.3, -0.25) is 0 Å². The zero-order valence-corrected chi connectivity index (χ0v) is 10.4. The molecule has 0 bridgehead atoms. The molecule has 0 aromatic heterocycles. The van der Waals surface area contributed by atoms with Crippen LogP contribution in [-0.2, 0) is 6.42 Å². The molecule has 4 heteroatoms. The lowest BCUT2D eigenvalue weighted by molar-refractivity contribution is 0.150. The Kier molecular flexibility index (Phi) is 3.55. The number of rotatable bonds is 2. The number of phenolic OH excluding ortho intramolecular Hbond substituents is 1. The fraction of sp³-hybridized carbons (Fsp3) is 0.357. The third-order valence-electron chi connectivity index (χ3n) is 3.30.